The van der Waals surface area contributed by atoms with Crippen LogP contribution in [0, 0.1) is 0 Å². The second-order valence-electron chi connectivity index (χ2n) is 4.23. The highest BCUT2D eigenvalue weighted by Crippen LogP contribution is 2.30. The fourth-order valence-electron chi connectivity index (χ4n) is 1.65. The van der Waals surface area contributed by atoms with Gasteiger partial charge in [-0.3, -0.25) is 9.59 Å². The summed E-state index contributed by atoms with van der Waals surface area (Å²) in [5.41, 5.74) is -3.97. The minimum Gasteiger partial charge on any atom is -0.481 e. The summed E-state index contributed by atoms with van der Waals surface area (Å²) in [7, 11) is 0. The zero-order chi connectivity index (χ0) is 16.8. The Morgan fingerprint density at radius 3 is 2.32 bits per heavy atom. The van der Waals surface area contributed by atoms with E-state index >= 15 is 0 Å². The molecule has 0 saturated carbocycles. The van der Waals surface area contributed by atoms with Crippen LogP contribution in [0.1, 0.15) is 18.0 Å². The van der Waals surface area contributed by atoms with E-state index in [1.807, 2.05) is 6.26 Å². The predicted molar refractivity (Wildman–Crippen MR) is 79.9 cm³/mol. The van der Waals surface area contributed by atoms with Crippen LogP contribution in [-0.4, -0.2) is 34.5 Å². The lowest BCUT2D eigenvalue weighted by molar-refractivity contribution is -0.137. The van der Waals surface area contributed by atoms with E-state index in [2.05, 4.69) is 5.32 Å². The Kier molecular flexibility index (Phi) is 7.08. The number of rotatable bonds is 7. The van der Waals surface area contributed by atoms with Crippen LogP contribution in [0.4, 0.5) is 13.2 Å². The standard InChI is InChI=1S/C13H14F3NO3S2/c1-21-9-4-2-8(3-5-9)10(6-12(19)20)17-11(18)7-22-13(14,15)16/h2-5,10H,6-7H2,1H3,(H,17,18)(H,19,20). The molecule has 2 N–H and O–H groups in total. The molecule has 1 rings (SSSR count). The number of hydrogen-bond donors (Lipinski definition) is 2. The fraction of sp³-hybridized carbons (Fsp3) is 0.385. The smallest absolute Gasteiger partial charge is 0.442 e. The Morgan fingerprint density at radius 2 is 1.86 bits per heavy atom. The number of hydrogen-bond acceptors (Lipinski definition) is 4. The Morgan fingerprint density at radius 1 is 1.27 bits per heavy atom. The number of carboxylic acid groups (broad SMARTS) is 1. The number of halogens is 3. The molecule has 1 atom stereocenters. The summed E-state index contributed by atoms with van der Waals surface area (Å²) >= 11 is 1.04. The zero-order valence-corrected chi connectivity index (χ0v) is 13.1. The number of carbonyl (C=O) groups is 2. The first kappa shape index (κ1) is 18.7. The van der Waals surface area contributed by atoms with Crippen LogP contribution < -0.4 is 5.32 Å². The molecule has 1 aromatic carbocycles. The van der Waals surface area contributed by atoms with Crippen molar-refractivity contribution in [2.45, 2.75) is 22.9 Å². The van der Waals surface area contributed by atoms with E-state index in [4.69, 9.17) is 5.11 Å². The van der Waals surface area contributed by atoms with Crippen LogP contribution in [0.5, 0.6) is 0 Å². The highest BCUT2D eigenvalue weighted by Gasteiger charge is 2.30. The number of nitrogens with one attached hydrogen (secondary N) is 1. The van der Waals surface area contributed by atoms with E-state index in [0.29, 0.717) is 5.56 Å². The summed E-state index contributed by atoms with van der Waals surface area (Å²) < 4.78 is 36.2. The largest absolute Gasteiger partial charge is 0.481 e. The van der Waals surface area contributed by atoms with Crippen molar-refractivity contribution in [1.29, 1.82) is 0 Å². The van der Waals surface area contributed by atoms with Crippen molar-refractivity contribution in [1.82, 2.24) is 5.32 Å². The normalized spacial score (nSPS) is 12.7. The molecule has 0 bridgehead atoms. The first-order valence-electron chi connectivity index (χ1n) is 6.07. The van der Waals surface area contributed by atoms with Gasteiger partial charge >= 0.3 is 11.5 Å². The number of carbonyl (C=O) groups excluding carboxylic acids is 1. The SMILES string of the molecule is CSc1ccc(C(CC(=O)O)NC(=O)CSC(F)(F)F)cc1. The summed E-state index contributed by atoms with van der Waals surface area (Å²) in [6, 6.07) is 5.94. The lowest BCUT2D eigenvalue weighted by Crippen LogP contribution is -2.32. The predicted octanol–water partition coefficient (Wildman–Crippen LogP) is 3.29. The third-order valence-corrected chi connectivity index (χ3v) is 4.08. The Balaban J connectivity index is 2.75. The summed E-state index contributed by atoms with van der Waals surface area (Å²) in [6.07, 6.45) is 1.47. The molecule has 0 fully saturated rings. The minimum absolute atomic E-state index is 0.402. The van der Waals surface area contributed by atoms with Crippen molar-refractivity contribution in [3.8, 4) is 0 Å². The van der Waals surface area contributed by atoms with Crippen molar-refractivity contribution < 1.29 is 27.9 Å². The Bertz CT molecular complexity index is 520. The molecule has 4 nitrogen and oxygen atoms in total. The van der Waals surface area contributed by atoms with Gasteiger partial charge in [0.25, 0.3) is 0 Å². The van der Waals surface area contributed by atoms with Gasteiger partial charge in [0.15, 0.2) is 0 Å². The fourth-order valence-corrected chi connectivity index (χ4v) is 2.43. The quantitative estimate of drug-likeness (QED) is 0.737. The maximum Gasteiger partial charge on any atom is 0.442 e. The van der Waals surface area contributed by atoms with Crippen LogP contribution in [0.3, 0.4) is 0 Å². The molecule has 0 aliphatic heterocycles. The molecular weight excluding hydrogens is 339 g/mol. The van der Waals surface area contributed by atoms with Crippen LogP contribution in [0.25, 0.3) is 0 Å². The zero-order valence-electron chi connectivity index (χ0n) is 11.5. The van der Waals surface area contributed by atoms with Gasteiger partial charge in [0.05, 0.1) is 18.2 Å². The minimum atomic E-state index is -4.50. The molecule has 0 aliphatic carbocycles. The van der Waals surface area contributed by atoms with E-state index < -0.39 is 47.4 Å². The Labute approximate surface area is 133 Å². The van der Waals surface area contributed by atoms with Crippen LogP contribution >= 0.6 is 23.5 Å². The second kappa shape index (κ2) is 8.33. The third kappa shape index (κ3) is 7.08. The number of amides is 1. The van der Waals surface area contributed by atoms with Gasteiger partial charge in [0.2, 0.25) is 5.91 Å². The van der Waals surface area contributed by atoms with E-state index in [1.54, 1.807) is 24.3 Å². The molecule has 1 unspecified atom stereocenters. The van der Waals surface area contributed by atoms with Crippen LogP contribution in [0.15, 0.2) is 29.2 Å². The highest BCUT2D eigenvalue weighted by atomic mass is 32.2. The third-order valence-electron chi connectivity index (χ3n) is 2.60. The molecular formula is C13H14F3NO3S2. The summed E-state index contributed by atoms with van der Waals surface area (Å²) in [5.74, 6) is -2.81. The Hall–Kier alpha value is -1.35. The number of benzene rings is 1. The van der Waals surface area contributed by atoms with Crippen LogP contribution in [-0.2, 0) is 9.59 Å². The van der Waals surface area contributed by atoms with Gasteiger partial charge in [-0.25, -0.2) is 0 Å². The van der Waals surface area contributed by atoms with Crippen molar-refractivity contribution in [2.75, 3.05) is 12.0 Å². The van der Waals surface area contributed by atoms with Gasteiger partial charge in [-0.2, -0.15) is 13.2 Å². The average Bonchev–Trinajstić information content (AvgIpc) is 2.43. The number of thioether (sulfide) groups is 2. The van der Waals surface area contributed by atoms with Crippen molar-refractivity contribution >= 4 is 35.4 Å². The second-order valence-corrected chi connectivity index (χ2v) is 6.15. The molecule has 1 amide bonds. The van der Waals surface area contributed by atoms with E-state index in [-0.39, 0.29) is 0 Å². The topological polar surface area (TPSA) is 66.4 Å². The van der Waals surface area contributed by atoms with E-state index in [0.717, 1.165) is 4.90 Å². The molecule has 22 heavy (non-hydrogen) atoms. The van der Waals surface area contributed by atoms with Crippen molar-refractivity contribution in [3.63, 3.8) is 0 Å². The molecule has 9 heteroatoms. The monoisotopic (exact) mass is 353 g/mol. The maximum absolute atomic E-state index is 12.1. The molecule has 0 radical (unpaired) electrons. The van der Waals surface area contributed by atoms with Gasteiger partial charge < -0.3 is 10.4 Å². The maximum atomic E-state index is 12.1. The van der Waals surface area contributed by atoms with Gasteiger partial charge in [-0.15, -0.1) is 11.8 Å². The van der Waals surface area contributed by atoms with Crippen LogP contribution in [0.2, 0.25) is 0 Å². The van der Waals surface area contributed by atoms with Gasteiger partial charge in [-0.05, 0) is 35.7 Å². The van der Waals surface area contributed by atoms with Gasteiger partial charge in [-0.1, -0.05) is 12.1 Å². The van der Waals surface area contributed by atoms with Gasteiger partial charge in [0.1, 0.15) is 0 Å². The molecule has 122 valence electrons. The first-order chi connectivity index (χ1) is 10.2. The van der Waals surface area contributed by atoms with E-state index in [1.165, 1.54) is 11.8 Å². The molecule has 0 heterocycles. The van der Waals surface area contributed by atoms with Gasteiger partial charge in [0, 0.05) is 4.90 Å². The number of carboxylic acids is 1. The average molecular weight is 353 g/mol. The molecule has 0 aliphatic rings. The summed E-state index contributed by atoms with van der Waals surface area (Å²) in [4.78, 5) is 23.4. The molecule has 0 aromatic heterocycles. The summed E-state index contributed by atoms with van der Waals surface area (Å²) in [5, 5.41) is 11.2. The lowest BCUT2D eigenvalue weighted by atomic mass is 10.0. The van der Waals surface area contributed by atoms with E-state index in [9.17, 15) is 22.8 Å². The van der Waals surface area contributed by atoms with Crippen molar-refractivity contribution in [3.05, 3.63) is 29.8 Å². The van der Waals surface area contributed by atoms with Crippen molar-refractivity contribution in [2.24, 2.45) is 0 Å². The molecule has 0 spiro atoms. The molecule has 0 saturated heterocycles. The number of alkyl halides is 3. The first-order valence-corrected chi connectivity index (χ1v) is 8.28. The number of aliphatic carboxylic acids is 1. The lowest BCUT2D eigenvalue weighted by Gasteiger charge is -2.18. The molecule has 1 aromatic rings. The summed E-state index contributed by atoms with van der Waals surface area (Å²) in [6.45, 7) is 0. The highest BCUT2D eigenvalue weighted by molar-refractivity contribution is 8.00.